The summed E-state index contributed by atoms with van der Waals surface area (Å²) in [4.78, 5) is 36.8. The maximum atomic E-state index is 12.8. The van der Waals surface area contributed by atoms with Crippen LogP contribution in [0.5, 0.6) is 0 Å². The van der Waals surface area contributed by atoms with Crippen molar-refractivity contribution in [1.29, 1.82) is 0 Å². The lowest BCUT2D eigenvalue weighted by atomic mass is 10.1. The van der Waals surface area contributed by atoms with Gasteiger partial charge in [-0.2, -0.15) is 0 Å². The molecule has 6 heteroatoms. The van der Waals surface area contributed by atoms with Crippen molar-refractivity contribution >= 4 is 23.3 Å². The Labute approximate surface area is 157 Å². The minimum absolute atomic E-state index is 0.0987. The van der Waals surface area contributed by atoms with E-state index in [9.17, 15) is 14.4 Å². The van der Waals surface area contributed by atoms with Crippen LogP contribution in [0.25, 0.3) is 0 Å². The van der Waals surface area contributed by atoms with Crippen LogP contribution in [0.15, 0.2) is 54.6 Å². The van der Waals surface area contributed by atoms with Crippen molar-refractivity contribution in [3.8, 4) is 0 Å². The van der Waals surface area contributed by atoms with E-state index in [-0.39, 0.29) is 11.7 Å². The van der Waals surface area contributed by atoms with Crippen LogP contribution in [-0.2, 0) is 19.1 Å². The molecular formula is C21H21NO5. The van der Waals surface area contributed by atoms with Crippen LogP contribution in [0.2, 0.25) is 0 Å². The second-order valence-corrected chi connectivity index (χ2v) is 6.41. The molecule has 0 bridgehead atoms. The summed E-state index contributed by atoms with van der Waals surface area (Å²) in [5.41, 5.74) is 1.53. The molecule has 1 aliphatic rings. The van der Waals surface area contributed by atoms with Gasteiger partial charge in [0.25, 0.3) is 5.91 Å². The molecule has 0 saturated carbocycles. The smallest absolute Gasteiger partial charge is 0.312 e. The van der Waals surface area contributed by atoms with E-state index in [1.807, 2.05) is 6.07 Å². The van der Waals surface area contributed by atoms with E-state index in [0.29, 0.717) is 36.4 Å². The van der Waals surface area contributed by atoms with Gasteiger partial charge in [0.1, 0.15) is 0 Å². The molecule has 1 saturated heterocycles. The number of carbonyl (C=O) groups is 3. The molecule has 3 rings (SSSR count). The molecule has 6 nitrogen and oxygen atoms in total. The van der Waals surface area contributed by atoms with Crippen molar-refractivity contribution in [3.63, 3.8) is 0 Å². The third-order valence-corrected chi connectivity index (χ3v) is 4.37. The zero-order valence-corrected chi connectivity index (χ0v) is 15.0. The van der Waals surface area contributed by atoms with Gasteiger partial charge >= 0.3 is 5.97 Å². The number of amides is 1. The van der Waals surface area contributed by atoms with Gasteiger partial charge in [0, 0.05) is 23.4 Å². The molecule has 0 unspecified atom stereocenters. The number of Topliss-reactive ketones (excluding diaryl/α,β-unsaturated/α-hetero) is 1. The first-order chi connectivity index (χ1) is 13.0. The van der Waals surface area contributed by atoms with Gasteiger partial charge in [-0.15, -0.1) is 0 Å². The molecular weight excluding hydrogens is 346 g/mol. The molecule has 0 radical (unpaired) electrons. The van der Waals surface area contributed by atoms with Crippen molar-refractivity contribution in [1.82, 2.24) is 0 Å². The first kappa shape index (κ1) is 18.8. The molecule has 140 valence electrons. The van der Waals surface area contributed by atoms with Crippen molar-refractivity contribution in [2.75, 3.05) is 18.5 Å². The van der Waals surface area contributed by atoms with Gasteiger partial charge in [0.2, 0.25) is 6.10 Å². The summed E-state index contributed by atoms with van der Waals surface area (Å²) in [6, 6.07) is 15.5. The molecule has 1 amide bonds. The van der Waals surface area contributed by atoms with Crippen LogP contribution in [0.1, 0.15) is 35.4 Å². The quantitative estimate of drug-likeness (QED) is 0.626. The van der Waals surface area contributed by atoms with Crippen LogP contribution >= 0.6 is 0 Å². The molecule has 2 aromatic carbocycles. The van der Waals surface area contributed by atoms with Crippen LogP contribution < -0.4 is 5.32 Å². The van der Waals surface area contributed by atoms with Gasteiger partial charge in [-0.25, -0.2) is 0 Å². The third kappa shape index (κ3) is 4.80. The number of hydrogen-bond donors (Lipinski definition) is 1. The van der Waals surface area contributed by atoms with E-state index in [2.05, 4.69) is 5.32 Å². The van der Waals surface area contributed by atoms with Gasteiger partial charge in [0.05, 0.1) is 12.5 Å². The standard InChI is InChI=1S/C21H21NO5/c1-14(23)16-8-5-9-18(12-16)22-20(24)19(15-6-3-2-4-7-15)27-21(25)17-10-11-26-13-17/h2-9,12,17,19H,10-11,13H2,1H3,(H,22,24)/t17-,19+/m1/s1. The minimum Gasteiger partial charge on any atom is -0.447 e. The van der Waals surface area contributed by atoms with Gasteiger partial charge in [-0.1, -0.05) is 42.5 Å². The van der Waals surface area contributed by atoms with Crippen LogP contribution in [0.4, 0.5) is 5.69 Å². The third-order valence-electron chi connectivity index (χ3n) is 4.37. The van der Waals surface area contributed by atoms with Crippen LogP contribution in [0, 0.1) is 5.92 Å². The Balaban J connectivity index is 1.79. The predicted octanol–water partition coefficient (Wildman–Crippen LogP) is 3.15. The van der Waals surface area contributed by atoms with Crippen molar-refractivity contribution in [3.05, 3.63) is 65.7 Å². The number of rotatable bonds is 6. The lowest BCUT2D eigenvalue weighted by molar-refractivity contribution is -0.158. The largest absolute Gasteiger partial charge is 0.447 e. The zero-order valence-electron chi connectivity index (χ0n) is 15.0. The number of anilines is 1. The normalized spacial score (nSPS) is 17.1. The highest BCUT2D eigenvalue weighted by Crippen LogP contribution is 2.24. The highest BCUT2D eigenvalue weighted by molar-refractivity contribution is 5.99. The maximum absolute atomic E-state index is 12.8. The van der Waals surface area contributed by atoms with Gasteiger partial charge in [-0.3, -0.25) is 14.4 Å². The summed E-state index contributed by atoms with van der Waals surface area (Å²) in [5, 5.41) is 2.73. The number of nitrogens with one attached hydrogen (secondary N) is 1. The zero-order chi connectivity index (χ0) is 19.2. The Morgan fingerprint density at radius 1 is 1.11 bits per heavy atom. The Hall–Kier alpha value is -2.99. The highest BCUT2D eigenvalue weighted by Gasteiger charge is 2.31. The Bertz CT molecular complexity index is 827. The summed E-state index contributed by atoms with van der Waals surface area (Å²) in [6.07, 6.45) is -0.497. The Morgan fingerprint density at radius 3 is 2.56 bits per heavy atom. The Kier molecular flexibility index (Phi) is 5.98. The van der Waals surface area contributed by atoms with E-state index in [4.69, 9.17) is 9.47 Å². The number of esters is 1. The average Bonchev–Trinajstić information content (AvgIpc) is 3.21. The minimum atomic E-state index is -1.08. The number of ether oxygens (including phenoxy) is 2. The van der Waals surface area contributed by atoms with E-state index < -0.39 is 18.0 Å². The van der Waals surface area contributed by atoms with Crippen molar-refractivity contribution in [2.24, 2.45) is 5.92 Å². The molecule has 0 aliphatic carbocycles. The fourth-order valence-corrected chi connectivity index (χ4v) is 2.86. The fraction of sp³-hybridized carbons (Fsp3) is 0.286. The van der Waals surface area contributed by atoms with Crippen molar-refractivity contribution < 1.29 is 23.9 Å². The van der Waals surface area contributed by atoms with E-state index in [1.54, 1.807) is 48.5 Å². The molecule has 1 heterocycles. The molecule has 27 heavy (non-hydrogen) atoms. The monoisotopic (exact) mass is 367 g/mol. The van der Waals surface area contributed by atoms with E-state index >= 15 is 0 Å². The SMILES string of the molecule is CC(=O)c1cccc(NC(=O)[C@@H](OC(=O)[C@@H]2CCOC2)c2ccccc2)c1. The van der Waals surface area contributed by atoms with Gasteiger partial charge < -0.3 is 14.8 Å². The number of benzene rings is 2. The summed E-state index contributed by atoms with van der Waals surface area (Å²) < 4.78 is 10.8. The fourth-order valence-electron chi connectivity index (χ4n) is 2.86. The summed E-state index contributed by atoms with van der Waals surface area (Å²) in [5.74, 6) is -1.38. The molecule has 1 fully saturated rings. The maximum Gasteiger partial charge on any atom is 0.312 e. The van der Waals surface area contributed by atoms with Gasteiger partial charge in [0.15, 0.2) is 5.78 Å². The number of ketones is 1. The molecule has 0 aromatic heterocycles. The van der Waals surface area contributed by atoms with Crippen LogP contribution in [-0.4, -0.2) is 30.9 Å². The van der Waals surface area contributed by atoms with Gasteiger partial charge in [-0.05, 0) is 25.5 Å². The second-order valence-electron chi connectivity index (χ2n) is 6.41. The summed E-state index contributed by atoms with van der Waals surface area (Å²) in [7, 11) is 0. The molecule has 1 N–H and O–H groups in total. The van der Waals surface area contributed by atoms with E-state index in [1.165, 1.54) is 6.92 Å². The lowest BCUT2D eigenvalue weighted by Gasteiger charge is -2.20. The number of carbonyl (C=O) groups excluding carboxylic acids is 3. The Morgan fingerprint density at radius 2 is 1.89 bits per heavy atom. The first-order valence-corrected chi connectivity index (χ1v) is 8.79. The average molecular weight is 367 g/mol. The predicted molar refractivity (Wildman–Crippen MR) is 99.3 cm³/mol. The molecule has 1 aliphatic heterocycles. The van der Waals surface area contributed by atoms with Crippen molar-refractivity contribution in [2.45, 2.75) is 19.4 Å². The topological polar surface area (TPSA) is 81.7 Å². The summed E-state index contributed by atoms with van der Waals surface area (Å²) in [6.45, 7) is 2.28. The molecule has 2 aromatic rings. The summed E-state index contributed by atoms with van der Waals surface area (Å²) >= 11 is 0. The highest BCUT2D eigenvalue weighted by atomic mass is 16.6. The van der Waals surface area contributed by atoms with E-state index in [0.717, 1.165) is 0 Å². The lowest BCUT2D eigenvalue weighted by Crippen LogP contribution is -2.29. The van der Waals surface area contributed by atoms with Crippen LogP contribution in [0.3, 0.4) is 0 Å². The molecule has 0 spiro atoms. The number of hydrogen-bond acceptors (Lipinski definition) is 5. The molecule has 2 atom stereocenters. The first-order valence-electron chi connectivity index (χ1n) is 8.79. The second kappa shape index (κ2) is 8.60.